The Balaban J connectivity index is 2.32. The van der Waals surface area contributed by atoms with E-state index in [1.54, 1.807) is 20.5 Å². The summed E-state index contributed by atoms with van der Waals surface area (Å²) in [5.41, 5.74) is 4.98. The average Bonchev–Trinajstić information content (AvgIpc) is 3.15. The van der Waals surface area contributed by atoms with Crippen LogP contribution in [0.15, 0.2) is 47.1 Å². The Kier molecular flexibility index (Phi) is 4.61. The molecule has 0 aliphatic carbocycles. The van der Waals surface area contributed by atoms with Crippen molar-refractivity contribution in [3.05, 3.63) is 59.4 Å². The van der Waals surface area contributed by atoms with Gasteiger partial charge in [0.2, 0.25) is 0 Å². The third kappa shape index (κ3) is 2.91. The Bertz CT molecular complexity index is 908. The highest BCUT2D eigenvalue weighted by Crippen LogP contribution is 2.41. The molecule has 0 unspecified atom stereocenters. The predicted octanol–water partition coefficient (Wildman–Crippen LogP) is 5.06. The number of furan rings is 1. The minimum Gasteiger partial charge on any atom is -0.496 e. The minimum absolute atomic E-state index is 0.602. The zero-order valence-electron chi connectivity index (χ0n) is 14.8. The van der Waals surface area contributed by atoms with Gasteiger partial charge in [0.15, 0.2) is 6.29 Å². The van der Waals surface area contributed by atoms with E-state index in [1.165, 1.54) is 0 Å². The van der Waals surface area contributed by atoms with Crippen LogP contribution in [0.2, 0.25) is 0 Å². The second-order valence-corrected chi connectivity index (χ2v) is 5.83. The lowest BCUT2D eigenvalue weighted by Gasteiger charge is -2.18. The Hall–Kier alpha value is -3.01. The first-order chi connectivity index (χ1) is 12.1. The number of methoxy groups -OCH3 is 2. The van der Waals surface area contributed by atoms with E-state index in [0.717, 1.165) is 45.6 Å². The van der Waals surface area contributed by atoms with Gasteiger partial charge in [-0.3, -0.25) is 4.79 Å². The lowest BCUT2D eigenvalue weighted by Crippen LogP contribution is -2.00. The van der Waals surface area contributed by atoms with Gasteiger partial charge in [0.05, 0.1) is 20.5 Å². The molecule has 0 fully saturated rings. The third-order valence-corrected chi connectivity index (χ3v) is 4.34. The van der Waals surface area contributed by atoms with Crippen LogP contribution in [-0.4, -0.2) is 20.5 Å². The highest BCUT2D eigenvalue weighted by molar-refractivity contribution is 5.93. The van der Waals surface area contributed by atoms with Crippen molar-refractivity contribution in [2.24, 2.45) is 0 Å². The number of carbonyl (C=O) groups is 1. The van der Waals surface area contributed by atoms with Crippen molar-refractivity contribution >= 4 is 6.29 Å². The second-order valence-electron chi connectivity index (χ2n) is 5.83. The molecule has 4 nitrogen and oxygen atoms in total. The summed E-state index contributed by atoms with van der Waals surface area (Å²) in [6, 6.07) is 11.4. The number of rotatable bonds is 5. The quantitative estimate of drug-likeness (QED) is 0.611. The van der Waals surface area contributed by atoms with Crippen molar-refractivity contribution in [2.75, 3.05) is 14.2 Å². The Morgan fingerprint density at radius 2 is 1.84 bits per heavy atom. The molecule has 0 saturated heterocycles. The van der Waals surface area contributed by atoms with Crippen LogP contribution in [0.4, 0.5) is 0 Å². The number of aldehydes is 1. The minimum atomic E-state index is 0.602. The van der Waals surface area contributed by atoms with Crippen molar-refractivity contribution < 1.29 is 18.7 Å². The molecule has 0 bridgehead atoms. The molecule has 0 amide bonds. The molecular weight excluding hydrogens is 316 g/mol. The van der Waals surface area contributed by atoms with Gasteiger partial charge in [-0.25, -0.2) is 0 Å². The number of benzene rings is 2. The van der Waals surface area contributed by atoms with Gasteiger partial charge in [-0.05, 0) is 61.4 Å². The molecule has 0 aliphatic heterocycles. The molecule has 3 aromatic rings. The van der Waals surface area contributed by atoms with Gasteiger partial charge in [-0.1, -0.05) is 0 Å². The van der Waals surface area contributed by atoms with Crippen LogP contribution in [0, 0.1) is 13.8 Å². The van der Waals surface area contributed by atoms with Gasteiger partial charge in [0, 0.05) is 22.3 Å². The van der Waals surface area contributed by atoms with Gasteiger partial charge in [-0.15, -0.1) is 0 Å². The summed E-state index contributed by atoms with van der Waals surface area (Å²) in [5, 5.41) is 0. The van der Waals surface area contributed by atoms with Gasteiger partial charge in [-0.2, -0.15) is 0 Å². The monoisotopic (exact) mass is 336 g/mol. The van der Waals surface area contributed by atoms with E-state index in [4.69, 9.17) is 13.9 Å². The molecule has 3 rings (SSSR count). The SMILES string of the molecule is COc1ccc(-c2ccco2)cc1-c1c(C=O)cc(C)c(OC)c1C. The van der Waals surface area contributed by atoms with E-state index in [-0.39, 0.29) is 0 Å². The molecule has 0 spiro atoms. The zero-order chi connectivity index (χ0) is 18.0. The molecule has 0 saturated carbocycles. The number of hydrogen-bond donors (Lipinski definition) is 0. The molecule has 128 valence electrons. The highest BCUT2D eigenvalue weighted by atomic mass is 16.5. The van der Waals surface area contributed by atoms with Crippen molar-refractivity contribution in [3.63, 3.8) is 0 Å². The summed E-state index contributed by atoms with van der Waals surface area (Å²) >= 11 is 0. The van der Waals surface area contributed by atoms with Crippen LogP contribution in [0.3, 0.4) is 0 Å². The van der Waals surface area contributed by atoms with Gasteiger partial charge in [0.1, 0.15) is 17.3 Å². The summed E-state index contributed by atoms with van der Waals surface area (Å²) in [6.45, 7) is 3.88. The van der Waals surface area contributed by atoms with Gasteiger partial charge < -0.3 is 13.9 Å². The average molecular weight is 336 g/mol. The number of aryl methyl sites for hydroxylation is 1. The number of carbonyl (C=O) groups excluding carboxylic acids is 1. The molecular formula is C21H20O4. The van der Waals surface area contributed by atoms with Crippen LogP contribution in [0.5, 0.6) is 11.5 Å². The van der Waals surface area contributed by atoms with Gasteiger partial charge >= 0.3 is 0 Å². The van der Waals surface area contributed by atoms with E-state index in [1.807, 2.05) is 50.2 Å². The third-order valence-electron chi connectivity index (χ3n) is 4.34. The molecule has 4 heteroatoms. The van der Waals surface area contributed by atoms with E-state index in [9.17, 15) is 4.79 Å². The maximum absolute atomic E-state index is 11.7. The van der Waals surface area contributed by atoms with Crippen LogP contribution in [0.1, 0.15) is 21.5 Å². The molecule has 0 aliphatic rings. The molecule has 25 heavy (non-hydrogen) atoms. The van der Waals surface area contributed by atoms with Crippen LogP contribution >= 0.6 is 0 Å². The van der Waals surface area contributed by atoms with Crippen molar-refractivity contribution in [1.82, 2.24) is 0 Å². The summed E-state index contributed by atoms with van der Waals surface area (Å²) < 4.78 is 16.6. The fourth-order valence-electron chi connectivity index (χ4n) is 3.26. The lowest BCUT2D eigenvalue weighted by atomic mass is 9.91. The summed E-state index contributed by atoms with van der Waals surface area (Å²) in [7, 11) is 3.25. The Labute approximate surface area is 147 Å². The van der Waals surface area contributed by atoms with Crippen molar-refractivity contribution in [3.8, 4) is 33.9 Å². The van der Waals surface area contributed by atoms with E-state index in [0.29, 0.717) is 11.3 Å². The van der Waals surface area contributed by atoms with Crippen LogP contribution in [0.25, 0.3) is 22.5 Å². The molecule has 0 atom stereocenters. The molecule has 0 N–H and O–H groups in total. The second kappa shape index (κ2) is 6.85. The molecule has 1 aromatic heterocycles. The Morgan fingerprint density at radius 3 is 2.44 bits per heavy atom. The van der Waals surface area contributed by atoms with Crippen molar-refractivity contribution in [1.29, 1.82) is 0 Å². The van der Waals surface area contributed by atoms with Crippen molar-refractivity contribution in [2.45, 2.75) is 13.8 Å². The standard InChI is InChI=1S/C21H20O4/c1-13-10-16(12-22)20(14(2)21(13)24-4)17-11-15(7-8-19(17)23-3)18-6-5-9-25-18/h5-12H,1-4H3. The maximum atomic E-state index is 11.7. The largest absolute Gasteiger partial charge is 0.496 e. The predicted molar refractivity (Wildman–Crippen MR) is 97.5 cm³/mol. The summed E-state index contributed by atoms with van der Waals surface area (Å²) in [5.74, 6) is 2.21. The van der Waals surface area contributed by atoms with E-state index >= 15 is 0 Å². The fourth-order valence-corrected chi connectivity index (χ4v) is 3.26. The maximum Gasteiger partial charge on any atom is 0.150 e. The first kappa shape index (κ1) is 16.8. The normalized spacial score (nSPS) is 10.6. The zero-order valence-corrected chi connectivity index (χ0v) is 14.8. The highest BCUT2D eigenvalue weighted by Gasteiger charge is 2.19. The number of hydrogen-bond acceptors (Lipinski definition) is 4. The first-order valence-electron chi connectivity index (χ1n) is 7.96. The van der Waals surface area contributed by atoms with Crippen LogP contribution in [-0.2, 0) is 0 Å². The Morgan fingerprint density at radius 1 is 1.04 bits per heavy atom. The first-order valence-corrected chi connectivity index (χ1v) is 7.96. The van der Waals surface area contributed by atoms with E-state index in [2.05, 4.69) is 0 Å². The topological polar surface area (TPSA) is 48.7 Å². The fraction of sp³-hybridized carbons (Fsp3) is 0.190. The summed E-state index contributed by atoms with van der Waals surface area (Å²) in [4.78, 5) is 11.7. The van der Waals surface area contributed by atoms with E-state index < -0.39 is 0 Å². The smallest absolute Gasteiger partial charge is 0.150 e. The molecule has 1 heterocycles. The molecule has 2 aromatic carbocycles. The van der Waals surface area contributed by atoms with Crippen LogP contribution < -0.4 is 9.47 Å². The lowest BCUT2D eigenvalue weighted by molar-refractivity contribution is 0.112. The van der Waals surface area contributed by atoms with Gasteiger partial charge in [0.25, 0.3) is 0 Å². The summed E-state index contributed by atoms with van der Waals surface area (Å²) in [6.07, 6.45) is 2.50. The molecule has 0 radical (unpaired) electrons. The number of ether oxygens (including phenoxy) is 2.